The van der Waals surface area contributed by atoms with Crippen LogP contribution < -0.4 is 19.6 Å². The lowest BCUT2D eigenvalue weighted by atomic mass is 9.80. The van der Waals surface area contributed by atoms with Crippen LogP contribution in [0.4, 0.5) is 0 Å². The van der Waals surface area contributed by atoms with Crippen molar-refractivity contribution < 1.29 is 19.0 Å². The molecule has 3 aliphatic rings. The highest BCUT2D eigenvalue weighted by atomic mass is 35.5. The van der Waals surface area contributed by atoms with Crippen molar-refractivity contribution in [2.45, 2.75) is 44.6 Å². The number of carbonyl (C=O) groups is 1. The van der Waals surface area contributed by atoms with Crippen LogP contribution in [0.2, 0.25) is 5.02 Å². The predicted molar refractivity (Wildman–Crippen MR) is 129 cm³/mol. The molecule has 1 aliphatic carbocycles. The summed E-state index contributed by atoms with van der Waals surface area (Å²) in [5, 5.41) is 5.37. The summed E-state index contributed by atoms with van der Waals surface area (Å²) in [6.07, 6.45) is 3.52. The van der Waals surface area contributed by atoms with Gasteiger partial charge in [-0.3, -0.25) is 15.1 Å². The lowest BCUT2D eigenvalue weighted by Crippen LogP contribution is -2.67. The Balaban J connectivity index is 1.56. The number of methoxy groups -OCH3 is 3. The van der Waals surface area contributed by atoms with Crippen LogP contribution in [-0.2, 0) is 11.3 Å². The number of benzene rings is 2. The maximum atomic E-state index is 13.7. The fourth-order valence-corrected chi connectivity index (χ4v) is 5.55. The minimum atomic E-state index is -0.407. The Kier molecular flexibility index (Phi) is 6.16. The molecule has 2 aliphatic heterocycles. The number of nitrogens with zero attached hydrogens (tertiary/aromatic N) is 3. The minimum absolute atomic E-state index is 0.0558. The van der Waals surface area contributed by atoms with Gasteiger partial charge in [-0.15, -0.1) is 0 Å². The fourth-order valence-electron chi connectivity index (χ4n) is 5.36. The SMILES string of the molecule is COc1cc(OC)c(C2=NNC3N(Cc4ccccc4Cl)C(=O)C4CCCCC4N23)cc1OC. The zero-order chi connectivity index (χ0) is 23.8. The van der Waals surface area contributed by atoms with Gasteiger partial charge in [0.2, 0.25) is 5.91 Å². The summed E-state index contributed by atoms with van der Waals surface area (Å²) in [7, 11) is 4.82. The van der Waals surface area contributed by atoms with Crippen LogP contribution in [0.25, 0.3) is 0 Å². The molecule has 0 bridgehead atoms. The second kappa shape index (κ2) is 9.25. The van der Waals surface area contributed by atoms with Crippen LogP contribution in [0.15, 0.2) is 41.5 Å². The zero-order valence-electron chi connectivity index (χ0n) is 19.6. The molecule has 9 heteroatoms. The number of hydrazone groups is 1. The summed E-state index contributed by atoms with van der Waals surface area (Å²) >= 11 is 6.45. The van der Waals surface area contributed by atoms with Crippen LogP contribution in [0.3, 0.4) is 0 Å². The number of halogens is 1. The van der Waals surface area contributed by atoms with E-state index in [2.05, 4.69) is 10.3 Å². The predicted octanol–water partition coefficient (Wildman–Crippen LogP) is 3.82. The highest BCUT2D eigenvalue weighted by molar-refractivity contribution is 6.31. The molecular formula is C25H29ClN4O4. The van der Waals surface area contributed by atoms with E-state index >= 15 is 0 Å². The van der Waals surface area contributed by atoms with Crippen LogP contribution >= 0.6 is 11.6 Å². The molecule has 1 saturated carbocycles. The zero-order valence-corrected chi connectivity index (χ0v) is 20.3. The first kappa shape index (κ1) is 22.7. The van der Waals surface area contributed by atoms with Crippen molar-refractivity contribution in [3.05, 3.63) is 52.5 Å². The first-order valence-corrected chi connectivity index (χ1v) is 11.9. The lowest BCUT2D eigenvalue weighted by molar-refractivity contribution is -0.156. The van der Waals surface area contributed by atoms with Gasteiger partial charge in [-0.05, 0) is 30.5 Å². The third kappa shape index (κ3) is 3.70. The summed E-state index contributed by atoms with van der Waals surface area (Å²) in [5.41, 5.74) is 4.92. The van der Waals surface area contributed by atoms with E-state index < -0.39 is 6.29 Å². The molecule has 2 aromatic carbocycles. The van der Waals surface area contributed by atoms with Gasteiger partial charge >= 0.3 is 0 Å². The molecule has 5 rings (SSSR count). The lowest BCUT2D eigenvalue weighted by Gasteiger charge is -2.50. The van der Waals surface area contributed by atoms with Crippen molar-refractivity contribution >= 4 is 23.3 Å². The van der Waals surface area contributed by atoms with E-state index in [1.807, 2.05) is 35.2 Å². The molecule has 0 radical (unpaired) electrons. The van der Waals surface area contributed by atoms with E-state index in [9.17, 15) is 4.79 Å². The summed E-state index contributed by atoms with van der Waals surface area (Å²) in [6.45, 7) is 0.405. The first-order chi connectivity index (χ1) is 16.6. The number of carbonyl (C=O) groups excluding carboxylic acids is 1. The van der Waals surface area contributed by atoms with E-state index in [1.165, 1.54) is 0 Å². The van der Waals surface area contributed by atoms with Gasteiger partial charge in [0.15, 0.2) is 23.6 Å². The average Bonchev–Trinajstić information content (AvgIpc) is 3.31. The molecule has 2 fully saturated rings. The molecule has 3 unspecified atom stereocenters. The third-order valence-electron chi connectivity index (χ3n) is 7.02. The van der Waals surface area contributed by atoms with Gasteiger partial charge in [-0.2, -0.15) is 5.10 Å². The Bertz CT molecular complexity index is 1120. The van der Waals surface area contributed by atoms with Gasteiger partial charge < -0.3 is 19.1 Å². The summed E-state index contributed by atoms with van der Waals surface area (Å²) < 4.78 is 16.7. The fraction of sp³-hybridized carbons (Fsp3) is 0.440. The maximum Gasteiger partial charge on any atom is 0.231 e. The molecule has 3 atom stereocenters. The van der Waals surface area contributed by atoms with Gasteiger partial charge in [0.05, 0.1) is 39.4 Å². The van der Waals surface area contributed by atoms with Gasteiger partial charge in [-0.25, -0.2) is 0 Å². The second-order valence-corrected chi connectivity index (χ2v) is 9.18. The van der Waals surface area contributed by atoms with E-state index in [0.717, 1.165) is 42.6 Å². The molecule has 0 spiro atoms. The standard InChI is InChI=1S/C25H29ClN4O4/c1-32-20-13-22(34-3)21(33-2)12-17(20)23-27-28-25-29(14-15-8-4-6-10-18(15)26)24(31)16-9-5-7-11-19(16)30(23)25/h4,6,8,10,12-13,16,19,25,28H,5,7,9,11,14H2,1-3H3. The Morgan fingerprint density at radius 3 is 2.47 bits per heavy atom. The van der Waals surface area contributed by atoms with Gasteiger partial charge in [0.1, 0.15) is 5.75 Å². The monoisotopic (exact) mass is 484 g/mol. The number of amides is 1. The summed E-state index contributed by atoms with van der Waals surface area (Å²) in [6, 6.07) is 11.4. The van der Waals surface area contributed by atoms with E-state index in [4.69, 9.17) is 30.9 Å². The van der Waals surface area contributed by atoms with Crippen LogP contribution in [0.5, 0.6) is 17.2 Å². The van der Waals surface area contributed by atoms with Gasteiger partial charge in [-0.1, -0.05) is 42.6 Å². The molecule has 1 amide bonds. The summed E-state index contributed by atoms with van der Waals surface area (Å²) in [4.78, 5) is 17.8. The number of ether oxygens (including phenoxy) is 3. The van der Waals surface area contributed by atoms with Crippen molar-refractivity contribution in [2.24, 2.45) is 11.0 Å². The number of hydrogen-bond acceptors (Lipinski definition) is 7. The summed E-state index contributed by atoms with van der Waals surface area (Å²) in [5.74, 6) is 2.58. The smallest absolute Gasteiger partial charge is 0.231 e. The highest BCUT2D eigenvalue weighted by Gasteiger charge is 2.51. The molecule has 1 saturated heterocycles. The molecule has 2 heterocycles. The van der Waals surface area contributed by atoms with Crippen LogP contribution in [0, 0.1) is 5.92 Å². The van der Waals surface area contributed by atoms with Gasteiger partial charge in [0.25, 0.3) is 0 Å². The van der Waals surface area contributed by atoms with E-state index in [-0.39, 0.29) is 17.9 Å². The topological polar surface area (TPSA) is 75.6 Å². The average molecular weight is 485 g/mol. The molecule has 0 aromatic heterocycles. The third-order valence-corrected chi connectivity index (χ3v) is 7.39. The molecule has 8 nitrogen and oxygen atoms in total. The Morgan fingerprint density at radius 1 is 1.03 bits per heavy atom. The molecule has 2 aromatic rings. The van der Waals surface area contributed by atoms with Crippen molar-refractivity contribution in [1.29, 1.82) is 0 Å². The van der Waals surface area contributed by atoms with E-state index in [1.54, 1.807) is 27.4 Å². The van der Waals surface area contributed by atoms with Crippen molar-refractivity contribution in [3.63, 3.8) is 0 Å². The maximum absolute atomic E-state index is 13.7. The van der Waals surface area contributed by atoms with Crippen LogP contribution in [0.1, 0.15) is 36.8 Å². The quantitative estimate of drug-likeness (QED) is 0.672. The van der Waals surface area contributed by atoms with Crippen molar-refractivity contribution in [3.8, 4) is 17.2 Å². The molecule has 34 heavy (non-hydrogen) atoms. The molecular weight excluding hydrogens is 456 g/mol. The number of hydrogen-bond donors (Lipinski definition) is 1. The van der Waals surface area contributed by atoms with Gasteiger partial charge in [0, 0.05) is 17.1 Å². The number of fused-ring (bicyclic) bond motifs is 3. The molecule has 1 N–H and O–H groups in total. The van der Waals surface area contributed by atoms with E-state index in [0.29, 0.717) is 28.8 Å². The normalized spacial score (nSPS) is 23.6. The highest BCUT2D eigenvalue weighted by Crippen LogP contribution is 2.42. The Morgan fingerprint density at radius 2 is 1.74 bits per heavy atom. The number of amidine groups is 1. The van der Waals surface area contributed by atoms with Crippen molar-refractivity contribution in [1.82, 2.24) is 15.2 Å². The van der Waals surface area contributed by atoms with Crippen molar-refractivity contribution in [2.75, 3.05) is 21.3 Å². The number of nitrogens with one attached hydrogen (secondary N) is 1. The molecule has 180 valence electrons. The Hall–Kier alpha value is -3.13. The largest absolute Gasteiger partial charge is 0.496 e. The minimum Gasteiger partial charge on any atom is -0.496 e. The number of rotatable bonds is 6. The first-order valence-electron chi connectivity index (χ1n) is 11.5. The Labute approximate surface area is 204 Å². The second-order valence-electron chi connectivity index (χ2n) is 8.77. The van der Waals surface area contributed by atoms with Crippen LogP contribution in [-0.4, -0.2) is 55.2 Å².